The maximum absolute atomic E-state index is 4.07. The smallest absolute Gasteiger partial charge is 0.137 e. The summed E-state index contributed by atoms with van der Waals surface area (Å²) in [7, 11) is 0. The summed E-state index contributed by atoms with van der Waals surface area (Å²) in [4.78, 5) is 3.91. The Morgan fingerprint density at radius 1 is 1.58 bits per heavy atom. The molecular weight excluding hydrogens is 218 g/mol. The molecule has 0 saturated carbocycles. The van der Waals surface area contributed by atoms with Gasteiger partial charge in [0, 0.05) is 11.9 Å². The van der Waals surface area contributed by atoms with Gasteiger partial charge < -0.3 is 0 Å². The first-order valence-corrected chi connectivity index (χ1v) is 5.37. The molecule has 1 heterocycles. The Hall–Kier alpha value is -0.380. The van der Waals surface area contributed by atoms with Gasteiger partial charge in [0.1, 0.15) is 12.7 Å². The zero-order chi connectivity index (χ0) is 8.81. The highest BCUT2D eigenvalue weighted by molar-refractivity contribution is 9.09. The summed E-state index contributed by atoms with van der Waals surface area (Å²) in [6, 6.07) is 0. The fraction of sp³-hybridized carbons (Fsp3) is 0.750. The maximum Gasteiger partial charge on any atom is 0.137 e. The van der Waals surface area contributed by atoms with Gasteiger partial charge in [-0.05, 0) is 12.3 Å². The lowest BCUT2D eigenvalue weighted by molar-refractivity contribution is 0.428. The molecule has 0 radical (unpaired) electrons. The summed E-state index contributed by atoms with van der Waals surface area (Å²) < 4.78 is 1.89. The monoisotopic (exact) mass is 231 g/mol. The van der Waals surface area contributed by atoms with Crippen molar-refractivity contribution in [3.63, 3.8) is 0 Å². The van der Waals surface area contributed by atoms with Gasteiger partial charge >= 0.3 is 0 Å². The molecule has 0 aliphatic carbocycles. The minimum absolute atomic E-state index is 0.677. The van der Waals surface area contributed by atoms with Crippen LogP contribution in [0, 0.1) is 5.92 Å². The fourth-order valence-corrected chi connectivity index (χ4v) is 1.75. The highest BCUT2D eigenvalue weighted by Gasteiger charge is 2.06. The Morgan fingerprint density at radius 3 is 2.92 bits per heavy atom. The van der Waals surface area contributed by atoms with Crippen LogP contribution >= 0.6 is 15.9 Å². The number of alkyl halides is 1. The van der Waals surface area contributed by atoms with Crippen LogP contribution in [-0.4, -0.2) is 20.1 Å². The molecular formula is C8H14BrN3. The van der Waals surface area contributed by atoms with Crippen molar-refractivity contribution < 1.29 is 0 Å². The SMILES string of the molecule is CCCC(CBr)Cn1cncn1. The van der Waals surface area contributed by atoms with E-state index in [-0.39, 0.29) is 0 Å². The standard InChI is InChI=1S/C8H14BrN3/c1-2-3-8(4-9)5-12-7-10-6-11-12/h6-8H,2-5H2,1H3. The van der Waals surface area contributed by atoms with Crippen molar-refractivity contribution in [2.45, 2.75) is 26.3 Å². The Kier molecular flexibility index (Phi) is 4.29. The summed E-state index contributed by atoms with van der Waals surface area (Å²) in [5, 5.41) is 5.11. The number of rotatable bonds is 5. The minimum Gasteiger partial charge on any atom is -0.253 e. The molecule has 0 spiro atoms. The Balaban J connectivity index is 2.37. The van der Waals surface area contributed by atoms with E-state index in [1.165, 1.54) is 12.8 Å². The van der Waals surface area contributed by atoms with E-state index in [4.69, 9.17) is 0 Å². The molecule has 0 amide bonds. The average molecular weight is 232 g/mol. The topological polar surface area (TPSA) is 30.7 Å². The lowest BCUT2D eigenvalue weighted by Crippen LogP contribution is -2.12. The molecule has 0 aliphatic heterocycles. The minimum atomic E-state index is 0.677. The van der Waals surface area contributed by atoms with Crippen LogP contribution in [0.3, 0.4) is 0 Å². The Labute approximate surface area is 81.3 Å². The van der Waals surface area contributed by atoms with E-state index < -0.39 is 0 Å². The van der Waals surface area contributed by atoms with E-state index in [1.54, 1.807) is 12.7 Å². The van der Waals surface area contributed by atoms with Crippen molar-refractivity contribution in [2.24, 2.45) is 5.92 Å². The fourth-order valence-electron chi connectivity index (χ4n) is 1.22. The van der Waals surface area contributed by atoms with Gasteiger partial charge in [0.25, 0.3) is 0 Å². The first kappa shape index (κ1) is 9.71. The van der Waals surface area contributed by atoms with Crippen molar-refractivity contribution in [2.75, 3.05) is 5.33 Å². The number of nitrogens with zero attached hydrogens (tertiary/aromatic N) is 3. The molecule has 0 aliphatic rings. The van der Waals surface area contributed by atoms with Crippen molar-refractivity contribution >= 4 is 15.9 Å². The molecule has 0 saturated heterocycles. The summed E-state index contributed by atoms with van der Waals surface area (Å²) in [5.74, 6) is 0.677. The number of aromatic nitrogens is 3. The second-order valence-electron chi connectivity index (χ2n) is 2.93. The highest BCUT2D eigenvalue weighted by atomic mass is 79.9. The van der Waals surface area contributed by atoms with Crippen LogP contribution in [0.2, 0.25) is 0 Å². The lowest BCUT2D eigenvalue weighted by Gasteiger charge is -2.11. The third kappa shape index (κ3) is 2.93. The van der Waals surface area contributed by atoms with Gasteiger partial charge in [-0.2, -0.15) is 5.10 Å². The van der Waals surface area contributed by atoms with Gasteiger partial charge in [-0.25, -0.2) is 4.98 Å². The van der Waals surface area contributed by atoms with Gasteiger partial charge in [0.05, 0.1) is 0 Å². The zero-order valence-electron chi connectivity index (χ0n) is 7.28. The number of hydrogen-bond donors (Lipinski definition) is 0. The van der Waals surface area contributed by atoms with Crippen molar-refractivity contribution in [1.29, 1.82) is 0 Å². The van der Waals surface area contributed by atoms with Crippen LogP contribution in [0.15, 0.2) is 12.7 Å². The summed E-state index contributed by atoms with van der Waals surface area (Å²) in [6.07, 6.45) is 5.82. The van der Waals surface area contributed by atoms with Gasteiger partial charge in [-0.3, -0.25) is 4.68 Å². The molecule has 1 aromatic heterocycles. The van der Waals surface area contributed by atoms with E-state index in [0.717, 1.165) is 11.9 Å². The molecule has 1 unspecified atom stereocenters. The molecule has 0 N–H and O–H groups in total. The largest absolute Gasteiger partial charge is 0.253 e. The zero-order valence-corrected chi connectivity index (χ0v) is 8.87. The molecule has 1 aromatic rings. The quantitative estimate of drug-likeness (QED) is 0.728. The van der Waals surface area contributed by atoms with Crippen LogP contribution < -0.4 is 0 Å². The van der Waals surface area contributed by atoms with E-state index in [0.29, 0.717) is 5.92 Å². The van der Waals surface area contributed by atoms with Crippen LogP contribution in [0.4, 0.5) is 0 Å². The average Bonchev–Trinajstić information content (AvgIpc) is 2.56. The molecule has 0 aromatic carbocycles. The third-order valence-corrected chi connectivity index (χ3v) is 2.74. The van der Waals surface area contributed by atoms with E-state index in [9.17, 15) is 0 Å². The van der Waals surface area contributed by atoms with E-state index >= 15 is 0 Å². The molecule has 68 valence electrons. The Morgan fingerprint density at radius 2 is 2.42 bits per heavy atom. The molecule has 4 heteroatoms. The molecule has 1 rings (SSSR count). The second-order valence-corrected chi connectivity index (χ2v) is 3.57. The van der Waals surface area contributed by atoms with Gasteiger partial charge in [-0.1, -0.05) is 29.3 Å². The van der Waals surface area contributed by atoms with Crippen LogP contribution in [-0.2, 0) is 6.54 Å². The van der Waals surface area contributed by atoms with Crippen LogP contribution in [0.5, 0.6) is 0 Å². The third-order valence-electron chi connectivity index (χ3n) is 1.83. The molecule has 3 nitrogen and oxygen atoms in total. The number of hydrogen-bond acceptors (Lipinski definition) is 2. The summed E-state index contributed by atoms with van der Waals surface area (Å²) >= 11 is 3.50. The lowest BCUT2D eigenvalue weighted by atomic mass is 10.1. The van der Waals surface area contributed by atoms with E-state index in [2.05, 4.69) is 32.9 Å². The van der Waals surface area contributed by atoms with Crippen molar-refractivity contribution in [1.82, 2.24) is 14.8 Å². The normalized spacial score (nSPS) is 13.2. The maximum atomic E-state index is 4.07. The molecule has 12 heavy (non-hydrogen) atoms. The second kappa shape index (κ2) is 5.30. The molecule has 1 atom stereocenters. The molecule has 0 fully saturated rings. The Bertz CT molecular complexity index is 198. The summed E-state index contributed by atoms with van der Waals surface area (Å²) in [5.41, 5.74) is 0. The highest BCUT2D eigenvalue weighted by Crippen LogP contribution is 2.11. The first-order chi connectivity index (χ1) is 5.86. The summed E-state index contributed by atoms with van der Waals surface area (Å²) in [6.45, 7) is 3.18. The molecule has 0 bridgehead atoms. The van der Waals surface area contributed by atoms with Gasteiger partial charge in [0.15, 0.2) is 0 Å². The van der Waals surface area contributed by atoms with Crippen LogP contribution in [0.25, 0.3) is 0 Å². The van der Waals surface area contributed by atoms with Crippen LogP contribution in [0.1, 0.15) is 19.8 Å². The first-order valence-electron chi connectivity index (χ1n) is 4.25. The predicted molar refractivity (Wildman–Crippen MR) is 52.2 cm³/mol. The van der Waals surface area contributed by atoms with Crippen molar-refractivity contribution in [3.8, 4) is 0 Å². The van der Waals surface area contributed by atoms with Gasteiger partial charge in [-0.15, -0.1) is 0 Å². The van der Waals surface area contributed by atoms with Crippen molar-refractivity contribution in [3.05, 3.63) is 12.7 Å². The number of halogens is 1. The van der Waals surface area contributed by atoms with E-state index in [1.807, 2.05) is 4.68 Å². The van der Waals surface area contributed by atoms with Gasteiger partial charge in [0.2, 0.25) is 0 Å². The predicted octanol–water partition coefficient (Wildman–Crippen LogP) is 2.09.